The molecule has 1 N–H and O–H groups in total. The van der Waals surface area contributed by atoms with Gasteiger partial charge in [0.1, 0.15) is 5.75 Å². The summed E-state index contributed by atoms with van der Waals surface area (Å²) in [5, 5.41) is 2.95. The van der Waals surface area contributed by atoms with Crippen molar-refractivity contribution in [1.82, 2.24) is 0 Å². The van der Waals surface area contributed by atoms with Gasteiger partial charge >= 0.3 is 0 Å². The third-order valence-electron chi connectivity index (χ3n) is 3.79. The van der Waals surface area contributed by atoms with Crippen LogP contribution in [-0.4, -0.2) is 27.2 Å². The van der Waals surface area contributed by atoms with Crippen LogP contribution in [0.1, 0.15) is 32.8 Å². The van der Waals surface area contributed by atoms with Gasteiger partial charge in [-0.25, -0.2) is 0 Å². The second kappa shape index (κ2) is 6.42. The lowest BCUT2D eigenvalue weighted by Gasteiger charge is -2.36. The first-order valence-corrected chi connectivity index (χ1v) is 10.7. The first-order chi connectivity index (χ1) is 10.2. The Kier molecular flexibility index (Phi) is 4.97. The van der Waals surface area contributed by atoms with E-state index in [1.165, 1.54) is 0 Å². The lowest BCUT2D eigenvalue weighted by Crippen LogP contribution is -2.44. The van der Waals surface area contributed by atoms with Crippen molar-refractivity contribution in [3.63, 3.8) is 0 Å². The molecule has 0 radical (unpaired) electrons. The quantitative estimate of drug-likeness (QED) is 0.864. The van der Waals surface area contributed by atoms with E-state index < -0.39 is 15.1 Å². The number of ether oxygens (including phenoxy) is 1. The molecule has 1 aliphatic rings. The zero-order chi connectivity index (χ0) is 16.5. The number of hydrogen-bond acceptors (Lipinski definition) is 3. The van der Waals surface area contributed by atoms with Gasteiger partial charge in [0.15, 0.2) is 15.1 Å². The molecule has 0 fully saturated rings. The van der Waals surface area contributed by atoms with Crippen LogP contribution in [0, 0.1) is 12.3 Å². The summed E-state index contributed by atoms with van der Waals surface area (Å²) in [6.45, 7) is 12.7. The minimum Gasteiger partial charge on any atom is -0.478 e. The number of nitrogens with one attached hydrogen (secondary N) is 1. The van der Waals surface area contributed by atoms with Crippen LogP contribution in [0.3, 0.4) is 0 Å². The minimum absolute atomic E-state index is 0.0157. The van der Waals surface area contributed by atoms with E-state index in [0.29, 0.717) is 6.42 Å². The molecule has 0 saturated heterocycles. The van der Waals surface area contributed by atoms with Crippen molar-refractivity contribution in [3.8, 4) is 5.75 Å². The monoisotopic (exact) mass is 321 g/mol. The SMILES string of the molecule is Cc1ccc2c(c1)NC(=O)C(CC(O[SiH](C)C)C(C)(C)C)O2. The van der Waals surface area contributed by atoms with Crippen LogP contribution in [0.5, 0.6) is 5.75 Å². The van der Waals surface area contributed by atoms with Crippen LogP contribution in [0.25, 0.3) is 0 Å². The molecule has 1 heterocycles. The Balaban J connectivity index is 2.15. The van der Waals surface area contributed by atoms with Gasteiger partial charge in [0.05, 0.1) is 11.8 Å². The number of hydrogen-bond donors (Lipinski definition) is 1. The number of carbonyl (C=O) groups excluding carboxylic acids is 1. The molecule has 2 atom stereocenters. The summed E-state index contributed by atoms with van der Waals surface area (Å²) in [5.41, 5.74) is 1.84. The van der Waals surface area contributed by atoms with Crippen LogP contribution in [0.2, 0.25) is 13.1 Å². The number of amides is 1. The summed E-state index contributed by atoms with van der Waals surface area (Å²) in [5.74, 6) is 0.658. The summed E-state index contributed by atoms with van der Waals surface area (Å²) in [6.07, 6.45) is 0.0995. The highest BCUT2D eigenvalue weighted by Gasteiger charge is 2.35. The van der Waals surface area contributed by atoms with Crippen LogP contribution in [0.15, 0.2) is 18.2 Å². The van der Waals surface area contributed by atoms with Crippen LogP contribution < -0.4 is 10.1 Å². The Morgan fingerprint density at radius 1 is 1.36 bits per heavy atom. The Hall–Kier alpha value is -1.33. The summed E-state index contributed by atoms with van der Waals surface area (Å²) in [4.78, 5) is 12.3. The van der Waals surface area contributed by atoms with E-state index in [-0.39, 0.29) is 17.4 Å². The van der Waals surface area contributed by atoms with E-state index in [9.17, 15) is 4.79 Å². The highest BCUT2D eigenvalue weighted by atomic mass is 28.3. The summed E-state index contributed by atoms with van der Waals surface area (Å²) in [7, 11) is -1.18. The van der Waals surface area contributed by atoms with Crippen LogP contribution in [-0.2, 0) is 9.22 Å². The molecule has 0 saturated carbocycles. The van der Waals surface area contributed by atoms with E-state index in [1.54, 1.807) is 0 Å². The largest absolute Gasteiger partial charge is 0.478 e. The molecule has 1 aromatic rings. The molecular formula is C17H27NO3Si. The van der Waals surface area contributed by atoms with Crippen LogP contribution >= 0.6 is 0 Å². The minimum atomic E-state index is -1.18. The van der Waals surface area contributed by atoms with Gasteiger partial charge in [-0.1, -0.05) is 26.8 Å². The summed E-state index contributed by atoms with van der Waals surface area (Å²) in [6, 6.07) is 5.84. The van der Waals surface area contributed by atoms with E-state index >= 15 is 0 Å². The Morgan fingerprint density at radius 2 is 2.05 bits per heavy atom. The maximum Gasteiger partial charge on any atom is 0.265 e. The molecule has 122 valence electrons. The fourth-order valence-electron chi connectivity index (χ4n) is 2.56. The Morgan fingerprint density at radius 3 is 2.64 bits per heavy atom. The number of rotatable bonds is 4. The molecule has 0 aliphatic carbocycles. The normalized spacial score (nSPS) is 19.4. The molecule has 1 amide bonds. The molecule has 0 bridgehead atoms. The van der Waals surface area contributed by atoms with E-state index in [4.69, 9.17) is 9.16 Å². The zero-order valence-electron chi connectivity index (χ0n) is 14.4. The molecular weight excluding hydrogens is 294 g/mol. The first-order valence-electron chi connectivity index (χ1n) is 7.90. The van der Waals surface area contributed by atoms with Gasteiger partial charge in [0, 0.05) is 6.42 Å². The predicted octanol–water partition coefficient (Wildman–Crippen LogP) is 3.50. The fraction of sp³-hybridized carbons (Fsp3) is 0.588. The maximum atomic E-state index is 12.3. The molecule has 4 nitrogen and oxygen atoms in total. The Bertz CT molecular complexity index is 551. The van der Waals surface area contributed by atoms with Gasteiger partial charge in [-0.3, -0.25) is 4.79 Å². The summed E-state index contributed by atoms with van der Waals surface area (Å²) < 4.78 is 12.1. The predicted molar refractivity (Wildman–Crippen MR) is 92.0 cm³/mol. The zero-order valence-corrected chi connectivity index (χ0v) is 15.6. The van der Waals surface area contributed by atoms with Gasteiger partial charge in [-0.2, -0.15) is 0 Å². The van der Waals surface area contributed by atoms with Crippen molar-refractivity contribution in [2.45, 2.75) is 59.4 Å². The van der Waals surface area contributed by atoms with E-state index in [1.807, 2.05) is 25.1 Å². The smallest absolute Gasteiger partial charge is 0.265 e. The first kappa shape index (κ1) is 17.0. The second-order valence-electron chi connectivity index (χ2n) is 7.37. The van der Waals surface area contributed by atoms with Gasteiger partial charge in [0.25, 0.3) is 5.91 Å². The topological polar surface area (TPSA) is 47.6 Å². The van der Waals surface area contributed by atoms with Gasteiger partial charge in [-0.15, -0.1) is 0 Å². The third kappa shape index (κ3) is 4.11. The van der Waals surface area contributed by atoms with Crippen molar-refractivity contribution in [2.75, 3.05) is 5.32 Å². The fourth-order valence-corrected chi connectivity index (χ4v) is 3.73. The molecule has 2 unspecified atom stereocenters. The number of carbonyl (C=O) groups is 1. The standard InChI is InChI=1S/C17H27NO3Si/c1-11-7-8-13-12(9-11)18-16(19)14(20-13)10-15(17(2,3)4)21-22(5)6/h7-9,14-15,22H,10H2,1-6H3,(H,18,19). The molecule has 1 aromatic carbocycles. The molecule has 1 aliphatic heterocycles. The highest BCUT2D eigenvalue weighted by molar-refractivity contribution is 6.48. The van der Waals surface area contributed by atoms with Crippen LogP contribution in [0.4, 0.5) is 5.69 Å². The second-order valence-corrected chi connectivity index (χ2v) is 9.74. The molecule has 22 heavy (non-hydrogen) atoms. The average molecular weight is 321 g/mol. The molecule has 0 spiro atoms. The van der Waals surface area contributed by atoms with E-state index in [0.717, 1.165) is 17.0 Å². The van der Waals surface area contributed by atoms with Crippen molar-refractivity contribution in [2.24, 2.45) is 5.41 Å². The molecule has 0 aromatic heterocycles. The van der Waals surface area contributed by atoms with Crippen molar-refractivity contribution < 1.29 is 14.0 Å². The molecule has 2 rings (SSSR count). The highest BCUT2D eigenvalue weighted by Crippen LogP contribution is 2.34. The lowest BCUT2D eigenvalue weighted by atomic mass is 9.85. The van der Waals surface area contributed by atoms with Crippen molar-refractivity contribution in [3.05, 3.63) is 23.8 Å². The number of anilines is 1. The van der Waals surface area contributed by atoms with Gasteiger partial charge in [-0.05, 0) is 43.1 Å². The summed E-state index contributed by atoms with van der Waals surface area (Å²) >= 11 is 0. The van der Waals surface area contributed by atoms with Crippen molar-refractivity contribution >= 4 is 20.6 Å². The third-order valence-corrected chi connectivity index (χ3v) is 4.66. The number of aryl methyl sites for hydroxylation is 1. The Labute approximate surface area is 134 Å². The average Bonchev–Trinajstić information content (AvgIpc) is 2.37. The van der Waals surface area contributed by atoms with E-state index in [2.05, 4.69) is 39.2 Å². The number of fused-ring (bicyclic) bond motifs is 1. The van der Waals surface area contributed by atoms with Crippen molar-refractivity contribution in [1.29, 1.82) is 0 Å². The van der Waals surface area contributed by atoms with Gasteiger partial charge < -0.3 is 14.5 Å². The number of benzene rings is 1. The maximum absolute atomic E-state index is 12.3. The lowest BCUT2D eigenvalue weighted by molar-refractivity contribution is -0.125. The van der Waals surface area contributed by atoms with Gasteiger partial charge in [0.2, 0.25) is 0 Å². The molecule has 5 heteroatoms.